The highest BCUT2D eigenvalue weighted by molar-refractivity contribution is 9.10. The van der Waals surface area contributed by atoms with Crippen molar-refractivity contribution in [3.05, 3.63) is 98.2 Å². The van der Waals surface area contributed by atoms with Crippen molar-refractivity contribution in [2.75, 3.05) is 32.7 Å². The Morgan fingerprint density at radius 2 is 1.76 bits per heavy atom. The van der Waals surface area contributed by atoms with Crippen LogP contribution in [0.5, 0.6) is 0 Å². The minimum absolute atomic E-state index is 0.0157. The van der Waals surface area contributed by atoms with Crippen LogP contribution in [0.15, 0.2) is 70.0 Å². The zero-order valence-corrected chi connectivity index (χ0v) is 24.4. The number of hydrogen-bond acceptors (Lipinski definition) is 4. The molecule has 4 rings (SSSR count). The van der Waals surface area contributed by atoms with Crippen LogP contribution in [0.1, 0.15) is 28.3 Å². The molecule has 1 unspecified atom stereocenters. The molecule has 1 aliphatic rings. The lowest BCUT2D eigenvalue weighted by molar-refractivity contribution is -0.131. The number of halogens is 3. The van der Waals surface area contributed by atoms with E-state index in [9.17, 15) is 17.6 Å². The van der Waals surface area contributed by atoms with Crippen LogP contribution in [0.4, 0.5) is 4.39 Å². The third-order valence-corrected chi connectivity index (χ3v) is 9.92. The highest BCUT2D eigenvalue weighted by Gasteiger charge is 2.31. The maximum absolute atomic E-state index is 14.6. The lowest BCUT2D eigenvalue weighted by atomic mass is 9.98. The number of piperazine rings is 1. The van der Waals surface area contributed by atoms with E-state index in [1.165, 1.54) is 10.4 Å². The molecular weight excluding hydrogens is 593 g/mol. The number of carbonyl (C=O) groups is 1. The third kappa shape index (κ3) is 6.46. The fraction of sp³-hybridized carbons (Fsp3) is 0.321. The van der Waals surface area contributed by atoms with Gasteiger partial charge < -0.3 is 10.2 Å². The van der Waals surface area contributed by atoms with Gasteiger partial charge in [-0.05, 0) is 61.2 Å². The van der Waals surface area contributed by atoms with E-state index in [2.05, 4.69) is 21.2 Å². The van der Waals surface area contributed by atoms with Gasteiger partial charge in [-0.1, -0.05) is 63.9 Å². The van der Waals surface area contributed by atoms with E-state index < -0.39 is 15.8 Å². The van der Waals surface area contributed by atoms with E-state index in [1.54, 1.807) is 30.0 Å². The van der Waals surface area contributed by atoms with Gasteiger partial charge >= 0.3 is 0 Å². The molecule has 202 valence electrons. The van der Waals surface area contributed by atoms with Gasteiger partial charge in [0.1, 0.15) is 5.82 Å². The van der Waals surface area contributed by atoms with Crippen molar-refractivity contribution in [1.29, 1.82) is 0 Å². The molecule has 3 aromatic carbocycles. The molecular formula is C28H30BrClFN3O3S. The van der Waals surface area contributed by atoms with Crippen molar-refractivity contribution >= 4 is 43.5 Å². The number of nitrogens with one attached hydrogen (secondary N) is 1. The Balaban J connectivity index is 1.43. The van der Waals surface area contributed by atoms with Gasteiger partial charge in [0, 0.05) is 47.3 Å². The second-order valence-electron chi connectivity index (χ2n) is 9.41. The van der Waals surface area contributed by atoms with Crippen molar-refractivity contribution in [2.45, 2.75) is 31.2 Å². The number of benzene rings is 3. The standard InChI is InChI=1S/C28H30BrClFN3O3S/c1-19-10-11-20(2)27(16-19)38(36,37)34-14-12-33(13-15-34)28(35)18-32-26(21-6-3-4-7-23(21)29)17-22-24(30)8-5-9-25(22)31/h3-11,16,26,32H,12-15,17-18H2,1-2H3. The van der Waals surface area contributed by atoms with Crippen LogP contribution in [0.3, 0.4) is 0 Å². The Bertz CT molecular complexity index is 1410. The number of sulfonamides is 1. The van der Waals surface area contributed by atoms with E-state index in [0.29, 0.717) is 34.1 Å². The SMILES string of the molecule is Cc1ccc(C)c(S(=O)(=O)N2CCN(C(=O)CNC(Cc3c(F)cccc3Cl)c3ccccc3Br)CC2)c1. The summed E-state index contributed by atoms with van der Waals surface area (Å²) in [4.78, 5) is 15.1. The van der Waals surface area contributed by atoms with Gasteiger partial charge in [-0.2, -0.15) is 4.31 Å². The van der Waals surface area contributed by atoms with Gasteiger partial charge in [-0.25, -0.2) is 12.8 Å². The van der Waals surface area contributed by atoms with Crippen LogP contribution in [0, 0.1) is 19.7 Å². The molecule has 0 aliphatic carbocycles. The van der Waals surface area contributed by atoms with Crippen molar-refractivity contribution in [3.63, 3.8) is 0 Å². The van der Waals surface area contributed by atoms with Gasteiger partial charge in [-0.3, -0.25) is 4.79 Å². The largest absolute Gasteiger partial charge is 0.339 e. The van der Waals surface area contributed by atoms with Gasteiger partial charge in [-0.15, -0.1) is 0 Å². The molecule has 0 radical (unpaired) electrons. The Morgan fingerprint density at radius 3 is 2.45 bits per heavy atom. The maximum atomic E-state index is 14.6. The highest BCUT2D eigenvalue weighted by atomic mass is 79.9. The second-order valence-corrected chi connectivity index (χ2v) is 12.6. The summed E-state index contributed by atoms with van der Waals surface area (Å²) < 4.78 is 43.3. The zero-order chi connectivity index (χ0) is 27.4. The first kappa shape index (κ1) is 28.7. The summed E-state index contributed by atoms with van der Waals surface area (Å²) in [7, 11) is -3.65. The molecule has 1 N–H and O–H groups in total. The Kier molecular flexibility index (Phi) is 9.26. The molecule has 6 nitrogen and oxygen atoms in total. The fourth-order valence-electron chi connectivity index (χ4n) is 4.61. The number of carbonyl (C=O) groups excluding carboxylic acids is 1. The topological polar surface area (TPSA) is 69.7 Å². The second kappa shape index (κ2) is 12.3. The molecule has 1 saturated heterocycles. The van der Waals surface area contributed by atoms with Crippen molar-refractivity contribution in [3.8, 4) is 0 Å². The van der Waals surface area contributed by atoms with Crippen LogP contribution >= 0.6 is 27.5 Å². The van der Waals surface area contributed by atoms with E-state index in [-0.39, 0.29) is 38.0 Å². The molecule has 0 bridgehead atoms. The number of nitrogens with zero attached hydrogens (tertiary/aromatic N) is 2. The van der Waals surface area contributed by atoms with Crippen LogP contribution in [0.25, 0.3) is 0 Å². The first-order valence-corrected chi connectivity index (χ1v) is 14.9. The summed E-state index contributed by atoms with van der Waals surface area (Å²) in [6.07, 6.45) is 0.253. The van der Waals surface area contributed by atoms with Crippen LogP contribution in [-0.2, 0) is 21.2 Å². The summed E-state index contributed by atoms with van der Waals surface area (Å²) in [5.74, 6) is -0.547. The number of rotatable bonds is 8. The van der Waals surface area contributed by atoms with Gasteiger partial charge in [0.05, 0.1) is 11.4 Å². The first-order chi connectivity index (χ1) is 18.1. The average molecular weight is 623 g/mol. The molecule has 1 fully saturated rings. The molecule has 1 heterocycles. The van der Waals surface area contributed by atoms with Gasteiger partial charge in [0.2, 0.25) is 15.9 Å². The minimum atomic E-state index is -3.65. The summed E-state index contributed by atoms with van der Waals surface area (Å²) in [5, 5.41) is 3.61. The number of hydrogen-bond donors (Lipinski definition) is 1. The van der Waals surface area contributed by atoms with E-state index >= 15 is 0 Å². The maximum Gasteiger partial charge on any atom is 0.243 e. The Hall–Kier alpha value is -2.30. The molecule has 38 heavy (non-hydrogen) atoms. The molecule has 0 saturated carbocycles. The monoisotopic (exact) mass is 621 g/mol. The predicted octanol–water partition coefficient (Wildman–Crippen LogP) is 5.26. The number of amides is 1. The van der Waals surface area contributed by atoms with Crippen LogP contribution in [0.2, 0.25) is 5.02 Å². The van der Waals surface area contributed by atoms with Crippen molar-refractivity contribution < 1.29 is 17.6 Å². The number of aryl methyl sites for hydroxylation is 2. The van der Waals surface area contributed by atoms with Crippen molar-refractivity contribution in [1.82, 2.24) is 14.5 Å². The highest BCUT2D eigenvalue weighted by Crippen LogP contribution is 2.30. The lowest BCUT2D eigenvalue weighted by Gasteiger charge is -2.34. The molecule has 3 aromatic rings. The Morgan fingerprint density at radius 1 is 1.05 bits per heavy atom. The normalized spacial score (nSPS) is 15.4. The van der Waals surface area contributed by atoms with Crippen molar-refractivity contribution in [2.24, 2.45) is 0 Å². The first-order valence-electron chi connectivity index (χ1n) is 12.3. The van der Waals surface area contributed by atoms with E-state index in [1.807, 2.05) is 43.3 Å². The average Bonchev–Trinajstić information content (AvgIpc) is 2.90. The zero-order valence-electron chi connectivity index (χ0n) is 21.3. The molecule has 1 amide bonds. The Labute approximate surface area is 237 Å². The fourth-order valence-corrected chi connectivity index (χ4v) is 7.14. The molecule has 0 aromatic heterocycles. The molecule has 0 spiro atoms. The van der Waals surface area contributed by atoms with Gasteiger partial charge in [0.25, 0.3) is 0 Å². The summed E-state index contributed by atoms with van der Waals surface area (Å²) in [5.41, 5.74) is 2.83. The van der Waals surface area contributed by atoms with E-state index in [4.69, 9.17) is 11.6 Å². The summed E-state index contributed by atoms with van der Waals surface area (Å²) >= 11 is 9.85. The van der Waals surface area contributed by atoms with E-state index in [0.717, 1.165) is 15.6 Å². The predicted molar refractivity (Wildman–Crippen MR) is 151 cm³/mol. The summed E-state index contributed by atoms with van der Waals surface area (Å²) in [6.45, 7) is 4.70. The minimum Gasteiger partial charge on any atom is -0.339 e. The molecule has 1 atom stereocenters. The third-order valence-electron chi connectivity index (χ3n) is 6.80. The van der Waals surface area contributed by atoms with Crippen LogP contribution < -0.4 is 5.32 Å². The lowest BCUT2D eigenvalue weighted by Crippen LogP contribution is -2.52. The molecule has 10 heteroatoms. The summed E-state index contributed by atoms with van der Waals surface area (Å²) in [6, 6.07) is 17.2. The van der Waals surface area contributed by atoms with Gasteiger partial charge in [0.15, 0.2) is 0 Å². The van der Waals surface area contributed by atoms with Crippen LogP contribution in [-0.4, -0.2) is 56.3 Å². The molecule has 1 aliphatic heterocycles. The quantitative estimate of drug-likeness (QED) is 0.372. The smallest absolute Gasteiger partial charge is 0.243 e.